The number of hydrogen-bond acceptors (Lipinski definition) is 2. The average Bonchev–Trinajstić information content (AvgIpc) is 2.44. The van der Waals surface area contributed by atoms with E-state index < -0.39 is 0 Å². The molecule has 0 saturated carbocycles. The van der Waals surface area contributed by atoms with E-state index in [1.54, 1.807) is 0 Å². The lowest BCUT2D eigenvalue weighted by molar-refractivity contribution is -0.143. The molecule has 0 bridgehead atoms. The molecule has 0 unspecified atom stereocenters. The van der Waals surface area contributed by atoms with Gasteiger partial charge in [0.05, 0.1) is 6.61 Å². The molecule has 0 rings (SSSR count). The van der Waals surface area contributed by atoms with Gasteiger partial charge >= 0.3 is 5.97 Å². The summed E-state index contributed by atoms with van der Waals surface area (Å²) in [4.78, 5) is 11.1. The number of carbonyl (C=O) groups excluding carboxylic acids is 1. The van der Waals surface area contributed by atoms with E-state index in [2.05, 4.69) is 31.2 Å². The molecule has 0 radical (unpaired) electrons. The Morgan fingerprint density at radius 2 is 1.50 bits per heavy atom. The first-order valence-corrected chi connectivity index (χ1v) is 8.26. The van der Waals surface area contributed by atoms with Gasteiger partial charge in [-0.05, 0) is 39.0 Å². The minimum Gasteiger partial charge on any atom is -0.466 e. The molecular formula is C18H32O2. The maximum atomic E-state index is 11.1. The second-order valence-corrected chi connectivity index (χ2v) is 5.08. The van der Waals surface area contributed by atoms with Gasteiger partial charge in [-0.3, -0.25) is 4.79 Å². The van der Waals surface area contributed by atoms with Crippen LogP contribution in [0.5, 0.6) is 0 Å². The van der Waals surface area contributed by atoms with Crippen LogP contribution < -0.4 is 0 Å². The van der Waals surface area contributed by atoms with Crippen LogP contribution in [0.2, 0.25) is 0 Å². The number of unbranched alkanes of at least 4 members (excludes halogenated alkanes) is 6. The first kappa shape index (κ1) is 18.9. The SMILES string of the molecule is CCCC=CCC=CCCCCCCCC(=O)OCC. The molecule has 0 spiro atoms. The monoisotopic (exact) mass is 280 g/mol. The van der Waals surface area contributed by atoms with Gasteiger partial charge in [0.25, 0.3) is 0 Å². The van der Waals surface area contributed by atoms with E-state index in [9.17, 15) is 4.79 Å². The van der Waals surface area contributed by atoms with Crippen LogP contribution >= 0.6 is 0 Å². The van der Waals surface area contributed by atoms with Crippen LogP contribution in [0.3, 0.4) is 0 Å². The standard InChI is InChI=1S/C18H32O2/c1-3-5-6-7-8-9-10-11-12-13-14-15-16-17-18(19)20-4-2/h6-7,9-10H,3-5,8,11-17H2,1-2H3. The van der Waals surface area contributed by atoms with Crippen molar-refractivity contribution in [3.8, 4) is 0 Å². The summed E-state index contributed by atoms with van der Waals surface area (Å²) < 4.78 is 4.90. The van der Waals surface area contributed by atoms with Gasteiger partial charge in [-0.2, -0.15) is 0 Å². The van der Waals surface area contributed by atoms with E-state index in [4.69, 9.17) is 4.74 Å². The molecule has 2 nitrogen and oxygen atoms in total. The maximum Gasteiger partial charge on any atom is 0.305 e. The predicted molar refractivity (Wildman–Crippen MR) is 86.8 cm³/mol. The largest absolute Gasteiger partial charge is 0.466 e. The summed E-state index contributed by atoms with van der Waals surface area (Å²) in [6, 6.07) is 0. The van der Waals surface area contributed by atoms with Crippen molar-refractivity contribution in [2.75, 3.05) is 6.61 Å². The van der Waals surface area contributed by atoms with Crippen LogP contribution in [0.1, 0.15) is 78.1 Å². The third-order valence-electron chi connectivity index (χ3n) is 3.12. The Morgan fingerprint density at radius 3 is 2.20 bits per heavy atom. The van der Waals surface area contributed by atoms with Crippen molar-refractivity contribution < 1.29 is 9.53 Å². The number of ether oxygens (including phenoxy) is 1. The summed E-state index contributed by atoms with van der Waals surface area (Å²) in [5.41, 5.74) is 0. The Bertz CT molecular complexity index is 267. The lowest BCUT2D eigenvalue weighted by Gasteiger charge is -2.01. The Labute approximate surface area is 125 Å². The number of carbonyl (C=O) groups is 1. The van der Waals surface area contributed by atoms with Crippen LogP contribution in [0.15, 0.2) is 24.3 Å². The molecule has 116 valence electrons. The summed E-state index contributed by atoms with van der Waals surface area (Å²) in [6.07, 6.45) is 20.2. The minimum atomic E-state index is -0.0495. The zero-order valence-electron chi connectivity index (χ0n) is 13.4. The normalized spacial score (nSPS) is 11.5. The summed E-state index contributed by atoms with van der Waals surface area (Å²) in [7, 11) is 0. The molecule has 0 heterocycles. The first-order chi connectivity index (χ1) is 9.81. The van der Waals surface area contributed by atoms with Gasteiger partial charge in [-0.25, -0.2) is 0 Å². The van der Waals surface area contributed by atoms with Gasteiger partial charge < -0.3 is 4.74 Å². The highest BCUT2D eigenvalue weighted by Gasteiger charge is 2.00. The van der Waals surface area contributed by atoms with Crippen molar-refractivity contribution >= 4 is 5.97 Å². The number of hydrogen-bond donors (Lipinski definition) is 0. The second-order valence-electron chi connectivity index (χ2n) is 5.08. The first-order valence-electron chi connectivity index (χ1n) is 8.26. The molecule has 0 aromatic carbocycles. The summed E-state index contributed by atoms with van der Waals surface area (Å²) in [5.74, 6) is -0.0495. The fourth-order valence-corrected chi connectivity index (χ4v) is 1.97. The lowest BCUT2D eigenvalue weighted by atomic mass is 10.1. The van der Waals surface area contributed by atoms with Gasteiger partial charge in [0.2, 0.25) is 0 Å². The molecule has 0 aromatic rings. The van der Waals surface area contributed by atoms with Crippen LogP contribution in [-0.2, 0) is 9.53 Å². The highest BCUT2D eigenvalue weighted by Crippen LogP contribution is 2.08. The topological polar surface area (TPSA) is 26.3 Å². The molecule has 0 aromatic heterocycles. The molecule has 0 aliphatic carbocycles. The summed E-state index contributed by atoms with van der Waals surface area (Å²) in [6.45, 7) is 4.55. The van der Waals surface area contributed by atoms with Gasteiger partial charge in [0.1, 0.15) is 0 Å². The molecule has 0 saturated heterocycles. The van der Waals surface area contributed by atoms with Gasteiger partial charge in [-0.15, -0.1) is 0 Å². The molecule has 0 aliphatic heterocycles. The highest BCUT2D eigenvalue weighted by molar-refractivity contribution is 5.69. The Hall–Kier alpha value is -1.05. The lowest BCUT2D eigenvalue weighted by Crippen LogP contribution is -2.03. The van der Waals surface area contributed by atoms with Crippen LogP contribution in [0.25, 0.3) is 0 Å². The van der Waals surface area contributed by atoms with Gasteiger partial charge in [-0.1, -0.05) is 56.9 Å². The van der Waals surface area contributed by atoms with Crippen LogP contribution in [0.4, 0.5) is 0 Å². The van der Waals surface area contributed by atoms with E-state index >= 15 is 0 Å². The molecule has 0 amide bonds. The van der Waals surface area contributed by atoms with Crippen molar-refractivity contribution in [2.45, 2.75) is 78.1 Å². The molecule has 0 aliphatic rings. The van der Waals surface area contributed by atoms with Crippen LogP contribution in [-0.4, -0.2) is 12.6 Å². The maximum absolute atomic E-state index is 11.1. The minimum absolute atomic E-state index is 0.0495. The number of allylic oxidation sites excluding steroid dienone is 4. The van der Waals surface area contributed by atoms with E-state index in [0.29, 0.717) is 13.0 Å². The number of esters is 1. The zero-order chi connectivity index (χ0) is 14.9. The van der Waals surface area contributed by atoms with Gasteiger partial charge in [0, 0.05) is 6.42 Å². The van der Waals surface area contributed by atoms with Crippen molar-refractivity contribution in [1.82, 2.24) is 0 Å². The fourth-order valence-electron chi connectivity index (χ4n) is 1.97. The van der Waals surface area contributed by atoms with E-state index in [1.165, 1.54) is 38.5 Å². The van der Waals surface area contributed by atoms with Crippen molar-refractivity contribution in [2.24, 2.45) is 0 Å². The predicted octanol–water partition coefficient (Wildman–Crippen LogP) is 5.58. The smallest absolute Gasteiger partial charge is 0.305 e. The van der Waals surface area contributed by atoms with Crippen molar-refractivity contribution in [1.29, 1.82) is 0 Å². The third kappa shape index (κ3) is 15.0. The van der Waals surface area contributed by atoms with E-state index in [1.807, 2.05) is 6.92 Å². The quantitative estimate of drug-likeness (QED) is 0.250. The Morgan fingerprint density at radius 1 is 0.850 bits per heavy atom. The van der Waals surface area contributed by atoms with Crippen molar-refractivity contribution in [3.63, 3.8) is 0 Å². The number of rotatable bonds is 13. The summed E-state index contributed by atoms with van der Waals surface area (Å²) >= 11 is 0. The van der Waals surface area contributed by atoms with E-state index in [0.717, 1.165) is 19.3 Å². The third-order valence-corrected chi connectivity index (χ3v) is 3.12. The van der Waals surface area contributed by atoms with Gasteiger partial charge in [0.15, 0.2) is 0 Å². The van der Waals surface area contributed by atoms with Crippen LogP contribution in [0, 0.1) is 0 Å². The second kappa shape index (κ2) is 16.0. The molecule has 2 heteroatoms. The fraction of sp³-hybridized carbons (Fsp3) is 0.722. The average molecular weight is 280 g/mol. The Balaban J connectivity index is 3.20. The molecule has 0 N–H and O–H groups in total. The Kier molecular flexibility index (Phi) is 15.2. The highest BCUT2D eigenvalue weighted by atomic mass is 16.5. The molecule has 0 atom stereocenters. The molecule has 20 heavy (non-hydrogen) atoms. The van der Waals surface area contributed by atoms with E-state index in [-0.39, 0.29) is 5.97 Å². The molecule has 0 fully saturated rings. The zero-order valence-corrected chi connectivity index (χ0v) is 13.4. The van der Waals surface area contributed by atoms with Crippen molar-refractivity contribution in [3.05, 3.63) is 24.3 Å². The molecular weight excluding hydrogens is 248 g/mol. The summed E-state index contributed by atoms with van der Waals surface area (Å²) in [5, 5.41) is 0.